The first-order valence-corrected chi connectivity index (χ1v) is 8.44. The number of fused-ring (bicyclic) bond motifs is 1. The molecule has 1 saturated carbocycles. The smallest absolute Gasteiger partial charge is 0.182 e. The molecule has 7 heteroatoms. The van der Waals surface area contributed by atoms with E-state index in [4.69, 9.17) is 0 Å². The van der Waals surface area contributed by atoms with Gasteiger partial charge in [-0.1, -0.05) is 13.3 Å². The Morgan fingerprint density at radius 2 is 2.30 bits per heavy atom. The Hall–Kier alpha value is -1.50. The van der Waals surface area contributed by atoms with Crippen molar-refractivity contribution in [1.82, 2.24) is 19.9 Å². The minimum absolute atomic E-state index is 0.311. The maximum absolute atomic E-state index is 12.0. The van der Waals surface area contributed by atoms with Crippen molar-refractivity contribution in [2.24, 2.45) is 0 Å². The van der Waals surface area contributed by atoms with Crippen molar-refractivity contribution in [2.75, 3.05) is 11.1 Å². The van der Waals surface area contributed by atoms with E-state index in [1.807, 2.05) is 6.92 Å². The van der Waals surface area contributed by atoms with Gasteiger partial charge in [-0.2, -0.15) is 0 Å². The molecular weight excluding hydrogens is 274 g/mol. The largest absolute Gasteiger partial charge is 0.365 e. The number of H-pyrrole nitrogens is 1. The lowest BCUT2D eigenvalue weighted by Gasteiger charge is -2.29. The van der Waals surface area contributed by atoms with Crippen molar-refractivity contribution in [3.63, 3.8) is 0 Å². The zero-order chi connectivity index (χ0) is 13.9. The van der Waals surface area contributed by atoms with Crippen LogP contribution in [0.5, 0.6) is 0 Å². The summed E-state index contributed by atoms with van der Waals surface area (Å²) in [6, 6.07) is 0.325. The summed E-state index contributed by atoms with van der Waals surface area (Å²) in [5.41, 5.74) is 1.51. The molecule has 108 valence electrons. The van der Waals surface area contributed by atoms with E-state index in [0.29, 0.717) is 16.9 Å². The van der Waals surface area contributed by atoms with Gasteiger partial charge in [0, 0.05) is 27.8 Å². The number of anilines is 1. The molecular formula is C13H19N5OS. The van der Waals surface area contributed by atoms with Crippen LogP contribution in [0.2, 0.25) is 0 Å². The highest BCUT2D eigenvalue weighted by atomic mass is 32.2. The third kappa shape index (κ3) is 2.67. The van der Waals surface area contributed by atoms with E-state index in [9.17, 15) is 4.21 Å². The summed E-state index contributed by atoms with van der Waals surface area (Å²) in [4.78, 5) is 15.6. The first-order valence-electron chi connectivity index (χ1n) is 7.05. The lowest BCUT2D eigenvalue weighted by atomic mass is 9.95. The number of nitrogens with zero attached hydrogens (tertiary/aromatic N) is 3. The average molecular weight is 293 g/mol. The highest BCUT2D eigenvalue weighted by Gasteiger charge is 2.26. The van der Waals surface area contributed by atoms with Gasteiger partial charge in [-0.3, -0.25) is 4.21 Å². The Kier molecular flexibility index (Phi) is 3.95. The molecule has 20 heavy (non-hydrogen) atoms. The molecule has 3 atom stereocenters. The molecule has 2 heterocycles. The van der Waals surface area contributed by atoms with Gasteiger partial charge < -0.3 is 10.3 Å². The fourth-order valence-corrected chi connectivity index (χ4v) is 4.17. The molecule has 0 saturated heterocycles. The van der Waals surface area contributed by atoms with Gasteiger partial charge in [0.2, 0.25) is 0 Å². The fourth-order valence-electron chi connectivity index (χ4n) is 2.82. The summed E-state index contributed by atoms with van der Waals surface area (Å²) < 4.78 is 12.0. The number of rotatable bonds is 4. The molecule has 0 aliphatic heterocycles. The van der Waals surface area contributed by atoms with E-state index < -0.39 is 10.8 Å². The lowest BCUT2D eigenvalue weighted by molar-refractivity contribution is 0.464. The molecule has 1 fully saturated rings. The molecule has 2 N–H and O–H groups in total. The molecule has 6 nitrogen and oxygen atoms in total. The van der Waals surface area contributed by atoms with Crippen LogP contribution in [0.25, 0.3) is 11.2 Å². The third-order valence-electron chi connectivity index (χ3n) is 3.85. The van der Waals surface area contributed by atoms with Crippen LogP contribution in [0.3, 0.4) is 0 Å². The van der Waals surface area contributed by atoms with E-state index in [2.05, 4.69) is 25.3 Å². The van der Waals surface area contributed by atoms with E-state index in [-0.39, 0.29) is 0 Å². The van der Waals surface area contributed by atoms with Gasteiger partial charge in [-0.25, -0.2) is 15.0 Å². The van der Waals surface area contributed by atoms with Gasteiger partial charge in [-0.05, 0) is 19.3 Å². The minimum atomic E-state index is -0.704. The topological polar surface area (TPSA) is 83.6 Å². The van der Waals surface area contributed by atoms with Gasteiger partial charge >= 0.3 is 0 Å². The van der Waals surface area contributed by atoms with Crippen molar-refractivity contribution in [1.29, 1.82) is 0 Å². The van der Waals surface area contributed by atoms with E-state index in [0.717, 1.165) is 42.8 Å². The van der Waals surface area contributed by atoms with Crippen molar-refractivity contribution < 1.29 is 4.21 Å². The van der Waals surface area contributed by atoms with Gasteiger partial charge in [-0.15, -0.1) is 0 Å². The Labute approximate surface area is 120 Å². The molecule has 3 unspecified atom stereocenters. The van der Waals surface area contributed by atoms with Crippen LogP contribution in [-0.2, 0) is 10.8 Å². The van der Waals surface area contributed by atoms with Crippen LogP contribution >= 0.6 is 0 Å². The van der Waals surface area contributed by atoms with Gasteiger partial charge in [0.1, 0.15) is 11.8 Å². The van der Waals surface area contributed by atoms with Crippen LogP contribution in [0.1, 0.15) is 32.6 Å². The molecule has 2 aromatic heterocycles. The van der Waals surface area contributed by atoms with E-state index >= 15 is 0 Å². The van der Waals surface area contributed by atoms with Gasteiger partial charge in [0.25, 0.3) is 0 Å². The summed E-state index contributed by atoms with van der Waals surface area (Å²) in [6.45, 7) is 1.99. The normalized spacial score (nSPS) is 24.6. The van der Waals surface area contributed by atoms with Crippen molar-refractivity contribution in [2.45, 2.75) is 43.9 Å². The van der Waals surface area contributed by atoms with Crippen LogP contribution in [0, 0.1) is 0 Å². The maximum Gasteiger partial charge on any atom is 0.182 e. The van der Waals surface area contributed by atoms with Crippen molar-refractivity contribution >= 4 is 27.8 Å². The molecule has 1 aliphatic carbocycles. The zero-order valence-corrected chi connectivity index (χ0v) is 12.3. The summed E-state index contributed by atoms with van der Waals surface area (Å²) in [7, 11) is -0.704. The van der Waals surface area contributed by atoms with Crippen molar-refractivity contribution in [3.05, 3.63) is 12.7 Å². The van der Waals surface area contributed by atoms with E-state index in [1.165, 1.54) is 6.33 Å². The van der Waals surface area contributed by atoms with E-state index in [1.54, 1.807) is 6.33 Å². The van der Waals surface area contributed by atoms with Crippen LogP contribution in [-0.4, -0.2) is 41.2 Å². The SMILES string of the molecule is CCS(=O)C1CCCC(Nc2ncnc3nc[nH]c23)C1. The number of aromatic nitrogens is 4. The number of aromatic amines is 1. The van der Waals surface area contributed by atoms with Gasteiger partial charge in [0.15, 0.2) is 11.5 Å². The summed E-state index contributed by atoms with van der Waals surface area (Å²) in [6.07, 6.45) is 7.38. The third-order valence-corrected chi connectivity index (χ3v) is 5.59. The average Bonchev–Trinajstić information content (AvgIpc) is 2.96. The van der Waals surface area contributed by atoms with Crippen molar-refractivity contribution in [3.8, 4) is 0 Å². The predicted octanol–water partition coefficient (Wildman–Crippen LogP) is 1.84. The maximum atomic E-state index is 12.0. The summed E-state index contributed by atoms with van der Waals surface area (Å²) in [5, 5.41) is 3.77. The molecule has 0 amide bonds. The van der Waals surface area contributed by atoms with Crippen LogP contribution in [0.4, 0.5) is 5.82 Å². The van der Waals surface area contributed by atoms with Crippen LogP contribution < -0.4 is 5.32 Å². The molecule has 0 spiro atoms. The number of imidazole rings is 1. The predicted molar refractivity (Wildman–Crippen MR) is 80.0 cm³/mol. The molecule has 0 bridgehead atoms. The molecule has 0 radical (unpaired) electrons. The second-order valence-corrected chi connectivity index (χ2v) is 7.13. The highest BCUT2D eigenvalue weighted by molar-refractivity contribution is 7.85. The summed E-state index contributed by atoms with van der Waals surface area (Å²) in [5.74, 6) is 1.54. The second kappa shape index (κ2) is 5.87. The Balaban J connectivity index is 1.74. The number of nitrogens with one attached hydrogen (secondary N) is 2. The molecule has 2 aromatic rings. The fraction of sp³-hybridized carbons (Fsp3) is 0.615. The van der Waals surface area contributed by atoms with Crippen LogP contribution in [0.15, 0.2) is 12.7 Å². The Bertz CT molecular complexity index is 614. The molecule has 3 rings (SSSR count). The standard InChI is InChI=1S/C13H19N5OS/c1-2-20(19)10-5-3-4-9(6-10)18-13-11-12(15-7-14-11)16-8-17-13/h7-10H,2-6H2,1H3,(H2,14,15,16,17,18). The molecule has 0 aromatic carbocycles. The second-order valence-electron chi connectivity index (χ2n) is 5.12. The summed E-state index contributed by atoms with van der Waals surface area (Å²) >= 11 is 0. The monoisotopic (exact) mass is 293 g/mol. The Morgan fingerprint density at radius 1 is 1.40 bits per heavy atom. The molecule has 1 aliphatic rings. The lowest BCUT2D eigenvalue weighted by Crippen LogP contribution is -2.33. The number of hydrogen-bond acceptors (Lipinski definition) is 5. The Morgan fingerprint density at radius 3 is 3.15 bits per heavy atom. The minimum Gasteiger partial charge on any atom is -0.365 e. The highest BCUT2D eigenvalue weighted by Crippen LogP contribution is 2.26. The zero-order valence-electron chi connectivity index (χ0n) is 11.5. The number of hydrogen-bond donors (Lipinski definition) is 2. The van der Waals surface area contributed by atoms with Gasteiger partial charge in [0.05, 0.1) is 6.33 Å². The first-order chi connectivity index (χ1) is 9.78. The quantitative estimate of drug-likeness (QED) is 0.898. The first kappa shape index (κ1) is 13.5.